The number of sulfonamides is 1. The predicted octanol–water partition coefficient (Wildman–Crippen LogP) is 3.97. The average Bonchev–Trinajstić information content (AvgIpc) is 3.32. The van der Waals surface area contributed by atoms with Crippen LogP contribution in [0.4, 0.5) is 19.1 Å². The Hall–Kier alpha value is -4.11. The van der Waals surface area contributed by atoms with Crippen LogP contribution in [-0.4, -0.2) is 57.6 Å². The molecular formula is C24H24F3N7O4S. The lowest BCUT2D eigenvalue weighted by Gasteiger charge is -2.22. The van der Waals surface area contributed by atoms with Crippen molar-refractivity contribution in [2.45, 2.75) is 31.4 Å². The van der Waals surface area contributed by atoms with Crippen molar-refractivity contribution >= 4 is 16.0 Å². The number of ether oxygens (including phenoxy) is 2. The number of rotatable bonds is 9. The van der Waals surface area contributed by atoms with E-state index in [9.17, 15) is 21.6 Å². The van der Waals surface area contributed by atoms with Gasteiger partial charge in [-0.25, -0.2) is 23.4 Å². The molecule has 11 nitrogen and oxygen atoms in total. The molecular weight excluding hydrogens is 539 g/mol. The van der Waals surface area contributed by atoms with Crippen LogP contribution < -0.4 is 9.46 Å². The first-order chi connectivity index (χ1) is 18.4. The standard InChI is InChI=1S/C24H24F3N7O4S/c1-14-12-28-21(29-13-14)20(38-4)15(2)39(35,36)33-23-32-31-22(18-9-6-10-19(30-18)37-3)34(23)17-8-5-7-16(11-17)24(25,26)27/h5-13,15,20H,1-4H3,(H,32,33). The van der Waals surface area contributed by atoms with Gasteiger partial charge in [0.15, 0.2) is 11.6 Å². The molecule has 206 valence electrons. The van der Waals surface area contributed by atoms with E-state index in [-0.39, 0.29) is 34.9 Å². The van der Waals surface area contributed by atoms with Crippen LogP contribution >= 0.6 is 0 Å². The van der Waals surface area contributed by atoms with Crippen molar-refractivity contribution in [3.63, 3.8) is 0 Å². The van der Waals surface area contributed by atoms with Gasteiger partial charge in [-0.15, -0.1) is 10.2 Å². The zero-order valence-electron chi connectivity index (χ0n) is 21.2. The molecule has 0 saturated heterocycles. The van der Waals surface area contributed by atoms with E-state index < -0.39 is 33.1 Å². The number of aryl methyl sites for hydroxylation is 1. The third kappa shape index (κ3) is 5.98. The second-order valence-electron chi connectivity index (χ2n) is 8.42. The summed E-state index contributed by atoms with van der Waals surface area (Å²) in [7, 11) is -1.56. The van der Waals surface area contributed by atoms with Crippen molar-refractivity contribution in [2.24, 2.45) is 0 Å². The molecule has 15 heteroatoms. The zero-order chi connectivity index (χ0) is 28.4. The van der Waals surface area contributed by atoms with Crippen molar-refractivity contribution in [1.29, 1.82) is 0 Å². The monoisotopic (exact) mass is 563 g/mol. The fourth-order valence-electron chi connectivity index (χ4n) is 3.67. The Bertz CT molecular complexity index is 1560. The van der Waals surface area contributed by atoms with E-state index in [2.05, 4.69) is 29.9 Å². The highest BCUT2D eigenvalue weighted by Crippen LogP contribution is 2.33. The van der Waals surface area contributed by atoms with E-state index in [1.807, 2.05) is 0 Å². The first kappa shape index (κ1) is 27.9. The molecule has 0 aliphatic rings. The van der Waals surface area contributed by atoms with Crippen molar-refractivity contribution in [3.8, 4) is 23.1 Å². The maximum atomic E-state index is 13.5. The normalized spacial score (nSPS) is 13.6. The number of benzene rings is 1. The molecule has 0 aliphatic carbocycles. The molecule has 0 spiro atoms. The van der Waals surface area contributed by atoms with Crippen LogP contribution in [0.3, 0.4) is 0 Å². The van der Waals surface area contributed by atoms with Crippen LogP contribution in [0.25, 0.3) is 17.2 Å². The minimum atomic E-state index is -4.65. The molecule has 4 rings (SSSR count). The summed E-state index contributed by atoms with van der Waals surface area (Å²) in [6, 6.07) is 9.01. The topological polar surface area (TPSA) is 134 Å². The van der Waals surface area contributed by atoms with Crippen LogP contribution in [0.2, 0.25) is 0 Å². The van der Waals surface area contributed by atoms with Gasteiger partial charge in [-0.05, 0) is 43.7 Å². The highest BCUT2D eigenvalue weighted by Gasteiger charge is 2.35. The Kier molecular flexibility index (Phi) is 7.83. The van der Waals surface area contributed by atoms with Gasteiger partial charge in [0.2, 0.25) is 21.9 Å². The maximum absolute atomic E-state index is 13.5. The average molecular weight is 564 g/mol. The Balaban J connectivity index is 1.80. The van der Waals surface area contributed by atoms with Crippen LogP contribution in [-0.2, 0) is 20.9 Å². The first-order valence-corrected chi connectivity index (χ1v) is 13.0. The van der Waals surface area contributed by atoms with Crippen LogP contribution in [0.5, 0.6) is 5.88 Å². The number of nitrogens with one attached hydrogen (secondary N) is 1. The molecule has 1 aromatic carbocycles. The molecule has 0 amide bonds. The van der Waals surface area contributed by atoms with Crippen molar-refractivity contribution < 1.29 is 31.1 Å². The fourth-order valence-corrected chi connectivity index (χ4v) is 4.81. The maximum Gasteiger partial charge on any atom is 0.416 e. The van der Waals surface area contributed by atoms with E-state index in [0.29, 0.717) is 0 Å². The second kappa shape index (κ2) is 10.9. The molecule has 0 bridgehead atoms. The van der Waals surface area contributed by atoms with Crippen molar-refractivity contribution in [2.75, 3.05) is 18.9 Å². The van der Waals surface area contributed by atoms with E-state index >= 15 is 0 Å². The van der Waals surface area contributed by atoms with Crippen molar-refractivity contribution in [1.82, 2.24) is 29.7 Å². The lowest BCUT2D eigenvalue weighted by molar-refractivity contribution is -0.137. The van der Waals surface area contributed by atoms with Gasteiger partial charge in [0, 0.05) is 25.6 Å². The minimum Gasteiger partial charge on any atom is -0.481 e. The number of halogens is 3. The molecule has 2 unspecified atom stereocenters. The quantitative estimate of drug-likeness (QED) is 0.321. The summed E-state index contributed by atoms with van der Waals surface area (Å²) in [4.78, 5) is 12.6. The van der Waals surface area contributed by atoms with Gasteiger partial charge in [0.05, 0.1) is 18.4 Å². The number of aromatic nitrogens is 6. The van der Waals surface area contributed by atoms with Crippen LogP contribution in [0.15, 0.2) is 54.9 Å². The lowest BCUT2D eigenvalue weighted by atomic mass is 10.2. The van der Waals surface area contributed by atoms with Gasteiger partial charge in [-0.3, -0.25) is 9.29 Å². The summed E-state index contributed by atoms with van der Waals surface area (Å²) in [5.74, 6) is -0.0336. The number of hydrogen-bond acceptors (Lipinski definition) is 9. The van der Waals surface area contributed by atoms with Crippen molar-refractivity contribution in [3.05, 3.63) is 71.8 Å². The molecule has 0 fully saturated rings. The summed E-state index contributed by atoms with van der Waals surface area (Å²) in [5, 5.41) is 6.74. The van der Waals surface area contributed by atoms with Crippen LogP contribution in [0.1, 0.15) is 30.0 Å². The molecule has 2 atom stereocenters. The van der Waals surface area contributed by atoms with Gasteiger partial charge in [-0.1, -0.05) is 12.1 Å². The minimum absolute atomic E-state index is 0.0243. The molecule has 0 saturated carbocycles. The van der Waals surface area contributed by atoms with E-state index in [4.69, 9.17) is 9.47 Å². The SMILES string of the molecule is COc1cccc(-c2nnc(NS(=O)(=O)C(C)C(OC)c3ncc(C)cn3)n2-c2cccc(C(F)(F)F)c2)n1. The van der Waals surface area contributed by atoms with Gasteiger partial charge in [0.25, 0.3) is 0 Å². The number of methoxy groups -OCH3 is 2. The smallest absolute Gasteiger partial charge is 0.416 e. The van der Waals surface area contributed by atoms with E-state index in [1.54, 1.807) is 19.1 Å². The van der Waals surface area contributed by atoms with Crippen LogP contribution in [0, 0.1) is 6.92 Å². The molecule has 39 heavy (non-hydrogen) atoms. The highest BCUT2D eigenvalue weighted by molar-refractivity contribution is 7.93. The molecule has 0 aliphatic heterocycles. The van der Waals surface area contributed by atoms with Gasteiger partial charge in [0.1, 0.15) is 17.0 Å². The first-order valence-electron chi connectivity index (χ1n) is 11.4. The third-order valence-corrected chi connectivity index (χ3v) is 7.41. The highest BCUT2D eigenvalue weighted by atomic mass is 32.2. The summed E-state index contributed by atoms with van der Waals surface area (Å²) in [6.07, 6.45) is -2.66. The number of nitrogens with zero attached hydrogens (tertiary/aromatic N) is 6. The van der Waals surface area contributed by atoms with E-state index in [0.717, 1.165) is 22.3 Å². The lowest BCUT2D eigenvalue weighted by Crippen LogP contribution is -2.33. The molecule has 0 radical (unpaired) electrons. The molecule has 4 aromatic rings. The Labute approximate surface area is 222 Å². The number of anilines is 1. The largest absolute Gasteiger partial charge is 0.481 e. The Morgan fingerprint density at radius 1 is 1.03 bits per heavy atom. The number of alkyl halides is 3. The van der Waals surface area contributed by atoms with Gasteiger partial charge < -0.3 is 9.47 Å². The van der Waals surface area contributed by atoms with E-state index in [1.165, 1.54) is 51.7 Å². The molecule has 3 heterocycles. The van der Waals surface area contributed by atoms with Gasteiger partial charge >= 0.3 is 6.18 Å². The summed E-state index contributed by atoms with van der Waals surface area (Å²) >= 11 is 0. The molecule has 1 N–H and O–H groups in total. The number of hydrogen-bond donors (Lipinski definition) is 1. The Morgan fingerprint density at radius 2 is 1.72 bits per heavy atom. The Morgan fingerprint density at radius 3 is 2.36 bits per heavy atom. The second-order valence-corrected chi connectivity index (χ2v) is 10.5. The molecule has 3 aromatic heterocycles. The predicted molar refractivity (Wildman–Crippen MR) is 135 cm³/mol. The zero-order valence-corrected chi connectivity index (χ0v) is 22.0. The summed E-state index contributed by atoms with van der Waals surface area (Å²) < 4.78 is 81.5. The number of pyridine rings is 1. The summed E-state index contributed by atoms with van der Waals surface area (Å²) in [6.45, 7) is 3.16. The third-order valence-electron chi connectivity index (χ3n) is 5.72. The van der Waals surface area contributed by atoms with Gasteiger partial charge in [-0.2, -0.15) is 13.2 Å². The fraction of sp³-hybridized carbons (Fsp3) is 0.292. The summed E-state index contributed by atoms with van der Waals surface area (Å²) in [5.41, 5.74) is -0.0444.